The highest BCUT2D eigenvalue weighted by Gasteiger charge is 2.47. The molecular weight excluding hydrogens is 951 g/mol. The van der Waals surface area contributed by atoms with Crippen molar-refractivity contribution in [3.05, 3.63) is 332 Å². The van der Waals surface area contributed by atoms with Crippen LogP contribution < -0.4 is 4.90 Å². The highest BCUT2D eigenvalue weighted by atomic mass is 15.1. The Morgan fingerprint density at radius 3 is 1.53 bits per heavy atom. The van der Waals surface area contributed by atoms with Crippen LogP contribution in [-0.4, -0.2) is 0 Å². The summed E-state index contributed by atoms with van der Waals surface area (Å²) in [4.78, 5) is 2.51. The summed E-state index contributed by atoms with van der Waals surface area (Å²) in [5, 5.41) is 2.44. The lowest BCUT2D eigenvalue weighted by atomic mass is 9.64. The molecule has 12 aromatic carbocycles. The van der Waals surface area contributed by atoms with Crippen LogP contribution in [-0.2, 0) is 5.41 Å². The van der Waals surface area contributed by atoms with E-state index in [1.54, 1.807) is 0 Å². The zero-order chi connectivity index (χ0) is 52.7. The Balaban J connectivity index is 0.975. The number of hydrogen-bond acceptors (Lipinski definition) is 1. The van der Waals surface area contributed by atoms with Crippen molar-refractivity contribution in [1.82, 2.24) is 0 Å². The molecule has 0 saturated carbocycles. The van der Waals surface area contributed by atoms with Gasteiger partial charge < -0.3 is 4.90 Å². The molecule has 0 aliphatic heterocycles. The first kappa shape index (κ1) is 47.6. The zero-order valence-corrected chi connectivity index (χ0v) is 44.2. The minimum Gasteiger partial charge on any atom is -0.309 e. The molecule has 2 aliphatic rings. The molecule has 0 bridgehead atoms. The van der Waals surface area contributed by atoms with Crippen molar-refractivity contribution in [1.29, 1.82) is 0 Å². The maximum absolute atomic E-state index is 2.53. The van der Waals surface area contributed by atoms with E-state index >= 15 is 0 Å². The first-order valence-corrected chi connectivity index (χ1v) is 27.7. The van der Waals surface area contributed by atoms with Gasteiger partial charge in [-0.1, -0.05) is 286 Å². The molecule has 374 valence electrons. The van der Waals surface area contributed by atoms with Crippen LogP contribution in [0.3, 0.4) is 0 Å². The second-order valence-electron chi connectivity index (χ2n) is 21.2. The summed E-state index contributed by atoms with van der Waals surface area (Å²) < 4.78 is 0. The van der Waals surface area contributed by atoms with Crippen molar-refractivity contribution < 1.29 is 0 Å². The van der Waals surface area contributed by atoms with Crippen LogP contribution in [0.4, 0.5) is 17.1 Å². The lowest BCUT2D eigenvalue weighted by molar-refractivity contribution is 0.615. The van der Waals surface area contributed by atoms with E-state index in [0.717, 1.165) is 40.2 Å². The van der Waals surface area contributed by atoms with Crippen LogP contribution >= 0.6 is 0 Å². The van der Waals surface area contributed by atoms with Crippen LogP contribution in [0.25, 0.3) is 88.7 Å². The molecule has 79 heavy (non-hydrogen) atoms. The van der Waals surface area contributed by atoms with E-state index in [4.69, 9.17) is 0 Å². The molecule has 0 spiro atoms. The molecule has 2 unspecified atom stereocenters. The quantitative estimate of drug-likeness (QED) is 0.125. The first-order chi connectivity index (χ1) is 39.1. The predicted molar refractivity (Wildman–Crippen MR) is 334 cm³/mol. The van der Waals surface area contributed by atoms with Gasteiger partial charge in [-0.25, -0.2) is 0 Å². The molecule has 1 nitrogen and oxygen atoms in total. The Morgan fingerprint density at radius 1 is 0.342 bits per heavy atom. The standard InChI is InChI=1S/C78H57N/c1-54-23-20-34-63(51-54)78(62-32-12-5-13-33-62)73-40-17-14-36-68(73)69-50-46-61(53-74(69)78)66-35-15-18-41-75(66)79(76-42-19-16-37-70(76)71-39-22-31-59-30-21-38-67(77(59)71)57-26-8-3-9-27-57)64-47-43-55(44-48-64)60-45-49-65(56-24-6-2-7-25-56)72(52-60)58-28-10-4-11-29-58/h2-50,52-54H,51H2,1H3. The molecule has 2 atom stereocenters. The van der Waals surface area contributed by atoms with Crippen LogP contribution in [0.1, 0.15) is 30.0 Å². The lowest BCUT2D eigenvalue weighted by Gasteiger charge is -2.38. The first-order valence-electron chi connectivity index (χ1n) is 27.7. The number of para-hydroxylation sites is 2. The molecule has 0 aromatic heterocycles. The van der Waals surface area contributed by atoms with Gasteiger partial charge in [-0.15, -0.1) is 0 Å². The Morgan fingerprint density at radius 2 is 0.848 bits per heavy atom. The summed E-state index contributed by atoms with van der Waals surface area (Å²) in [5.41, 5.74) is 25.0. The summed E-state index contributed by atoms with van der Waals surface area (Å²) in [5.74, 6) is 0.422. The van der Waals surface area contributed by atoms with E-state index in [1.165, 1.54) is 94.2 Å². The summed E-state index contributed by atoms with van der Waals surface area (Å²) in [6.45, 7) is 2.35. The smallest absolute Gasteiger partial charge is 0.0676 e. The number of fused-ring (bicyclic) bond motifs is 4. The van der Waals surface area contributed by atoms with Crippen molar-refractivity contribution in [3.8, 4) is 77.9 Å². The summed E-state index contributed by atoms with van der Waals surface area (Å²) in [7, 11) is 0. The third kappa shape index (κ3) is 8.34. The normalized spacial score (nSPS) is 15.3. The molecular formula is C78H57N. The summed E-state index contributed by atoms with van der Waals surface area (Å²) in [6, 6.07) is 108. The van der Waals surface area contributed by atoms with Crippen molar-refractivity contribution in [3.63, 3.8) is 0 Å². The third-order valence-electron chi connectivity index (χ3n) is 16.5. The fraction of sp³-hybridized carbons (Fsp3) is 0.0513. The highest BCUT2D eigenvalue weighted by molar-refractivity contribution is 6.09. The Bertz CT molecular complexity index is 4260. The molecule has 14 rings (SSSR count). The Labute approximate surface area is 464 Å². The van der Waals surface area contributed by atoms with E-state index in [2.05, 4.69) is 321 Å². The number of nitrogens with zero attached hydrogens (tertiary/aromatic N) is 1. The van der Waals surface area contributed by atoms with E-state index < -0.39 is 5.41 Å². The van der Waals surface area contributed by atoms with Crippen LogP contribution in [0.2, 0.25) is 0 Å². The van der Waals surface area contributed by atoms with Gasteiger partial charge in [-0.2, -0.15) is 0 Å². The van der Waals surface area contributed by atoms with Gasteiger partial charge in [0.25, 0.3) is 0 Å². The summed E-state index contributed by atoms with van der Waals surface area (Å²) in [6.07, 6.45) is 8.01. The molecule has 12 aromatic rings. The van der Waals surface area contributed by atoms with Crippen LogP contribution in [0, 0.1) is 5.92 Å². The molecule has 0 amide bonds. The van der Waals surface area contributed by atoms with E-state index in [-0.39, 0.29) is 0 Å². The van der Waals surface area contributed by atoms with Gasteiger partial charge in [0.1, 0.15) is 0 Å². The lowest BCUT2D eigenvalue weighted by Crippen LogP contribution is -2.31. The monoisotopic (exact) mass is 1010 g/mol. The SMILES string of the molecule is CC1C=CC=C(C2(c3ccccc3)c3ccccc3-c3ccc(-c4ccccc4N(c4ccc(-c5ccc(-c6ccccc6)c(-c6ccccc6)c5)cc4)c4ccccc4-c4cccc5cccc(-c6ccccc6)c45)cc32)C1. The Hall–Kier alpha value is -9.82. The Kier molecular flexibility index (Phi) is 12.2. The van der Waals surface area contributed by atoms with E-state index in [9.17, 15) is 0 Å². The average molecular weight is 1010 g/mol. The van der Waals surface area contributed by atoms with E-state index in [0.29, 0.717) is 5.92 Å². The number of rotatable bonds is 11. The fourth-order valence-corrected chi connectivity index (χ4v) is 13.0. The molecule has 0 fully saturated rings. The van der Waals surface area contributed by atoms with Crippen molar-refractivity contribution in [2.24, 2.45) is 5.92 Å². The number of anilines is 3. The van der Waals surface area contributed by atoms with Gasteiger partial charge in [0.2, 0.25) is 0 Å². The number of allylic oxidation sites excluding steroid dienone is 4. The van der Waals surface area contributed by atoms with Crippen LogP contribution in [0.15, 0.2) is 315 Å². The van der Waals surface area contributed by atoms with Gasteiger partial charge in [0, 0.05) is 16.8 Å². The molecule has 2 aliphatic carbocycles. The average Bonchev–Trinajstić information content (AvgIpc) is 3.91. The van der Waals surface area contributed by atoms with E-state index in [1.807, 2.05) is 0 Å². The molecule has 1 heteroatoms. The fourth-order valence-electron chi connectivity index (χ4n) is 13.0. The second-order valence-corrected chi connectivity index (χ2v) is 21.2. The molecule has 0 saturated heterocycles. The molecule has 0 heterocycles. The highest BCUT2D eigenvalue weighted by Crippen LogP contribution is 2.59. The van der Waals surface area contributed by atoms with Gasteiger partial charge >= 0.3 is 0 Å². The molecule has 0 N–H and O–H groups in total. The van der Waals surface area contributed by atoms with Crippen molar-refractivity contribution in [2.75, 3.05) is 4.90 Å². The van der Waals surface area contributed by atoms with Crippen molar-refractivity contribution >= 4 is 27.8 Å². The number of hydrogen-bond donors (Lipinski definition) is 0. The zero-order valence-electron chi connectivity index (χ0n) is 44.2. The number of benzene rings is 12. The van der Waals surface area contributed by atoms with Gasteiger partial charge in [-0.3, -0.25) is 0 Å². The largest absolute Gasteiger partial charge is 0.309 e. The maximum atomic E-state index is 2.53. The topological polar surface area (TPSA) is 3.24 Å². The molecule has 0 radical (unpaired) electrons. The minimum atomic E-state index is -0.468. The van der Waals surface area contributed by atoms with Crippen LogP contribution in [0.5, 0.6) is 0 Å². The van der Waals surface area contributed by atoms with Crippen molar-refractivity contribution in [2.45, 2.75) is 18.8 Å². The third-order valence-corrected chi connectivity index (χ3v) is 16.5. The van der Waals surface area contributed by atoms with Gasteiger partial charge in [-0.05, 0) is 143 Å². The predicted octanol–water partition coefficient (Wildman–Crippen LogP) is 21.1. The van der Waals surface area contributed by atoms with Gasteiger partial charge in [0.15, 0.2) is 0 Å². The van der Waals surface area contributed by atoms with Gasteiger partial charge in [0.05, 0.1) is 16.8 Å². The summed E-state index contributed by atoms with van der Waals surface area (Å²) >= 11 is 0. The maximum Gasteiger partial charge on any atom is 0.0676 e. The second kappa shape index (κ2) is 20.3. The minimum absolute atomic E-state index is 0.422.